The van der Waals surface area contributed by atoms with E-state index in [4.69, 9.17) is 14.8 Å². The SMILES string of the molecule is Cc1ncsc1CCOc1cccc(-c2cnc3c(-c4nnn[nH]4)cnn3c2C2CCCCC2)c1. The summed E-state index contributed by atoms with van der Waals surface area (Å²) in [6.07, 6.45) is 10.7. The fourth-order valence-corrected chi connectivity index (χ4v) is 5.72. The topological polar surface area (TPSA) is 107 Å². The summed E-state index contributed by atoms with van der Waals surface area (Å²) in [5, 5.41) is 19.1. The zero-order chi connectivity index (χ0) is 23.6. The summed E-state index contributed by atoms with van der Waals surface area (Å²) < 4.78 is 8.12. The molecule has 1 N–H and O–H groups in total. The number of hydrogen-bond acceptors (Lipinski definition) is 8. The third-order valence-corrected chi connectivity index (χ3v) is 7.74. The Kier molecular flexibility index (Phi) is 5.95. The molecule has 9 nitrogen and oxygen atoms in total. The largest absolute Gasteiger partial charge is 0.493 e. The second kappa shape index (κ2) is 9.53. The lowest BCUT2D eigenvalue weighted by molar-refractivity contribution is 0.323. The Balaban J connectivity index is 1.36. The van der Waals surface area contributed by atoms with Crippen molar-refractivity contribution >= 4 is 17.0 Å². The van der Waals surface area contributed by atoms with Crippen molar-refractivity contribution in [2.45, 2.75) is 51.4 Å². The number of aromatic nitrogens is 8. The highest BCUT2D eigenvalue weighted by Gasteiger charge is 2.25. The van der Waals surface area contributed by atoms with Crippen molar-refractivity contribution < 1.29 is 4.74 Å². The Morgan fingerprint density at radius 1 is 1.11 bits per heavy atom. The summed E-state index contributed by atoms with van der Waals surface area (Å²) in [6.45, 7) is 2.66. The van der Waals surface area contributed by atoms with Crippen molar-refractivity contribution in [2.24, 2.45) is 0 Å². The first-order chi connectivity index (χ1) is 17.3. The molecule has 1 aromatic carbocycles. The molecule has 4 heterocycles. The van der Waals surface area contributed by atoms with E-state index in [1.807, 2.05) is 35.3 Å². The highest BCUT2D eigenvalue weighted by Crippen LogP contribution is 2.39. The van der Waals surface area contributed by atoms with E-state index in [2.05, 4.69) is 37.7 Å². The molecular weight excluding hydrogens is 460 g/mol. The number of thiazole rings is 1. The molecule has 6 rings (SSSR count). The van der Waals surface area contributed by atoms with Crippen LogP contribution in [0.5, 0.6) is 5.75 Å². The molecule has 10 heteroatoms. The van der Waals surface area contributed by atoms with Gasteiger partial charge in [-0.3, -0.25) is 0 Å². The number of H-pyrrole nitrogens is 1. The summed E-state index contributed by atoms with van der Waals surface area (Å²) in [5.41, 5.74) is 7.92. The van der Waals surface area contributed by atoms with Gasteiger partial charge in [0.1, 0.15) is 5.75 Å². The average Bonchev–Trinajstić information content (AvgIpc) is 3.65. The number of nitrogens with zero attached hydrogens (tertiary/aromatic N) is 7. The predicted octanol–water partition coefficient (Wildman–Crippen LogP) is 5.01. The number of fused-ring (bicyclic) bond motifs is 1. The Morgan fingerprint density at radius 3 is 2.83 bits per heavy atom. The summed E-state index contributed by atoms with van der Waals surface area (Å²) >= 11 is 1.68. The van der Waals surface area contributed by atoms with Gasteiger partial charge in [0.15, 0.2) is 11.5 Å². The van der Waals surface area contributed by atoms with Crippen LogP contribution >= 0.6 is 11.3 Å². The summed E-state index contributed by atoms with van der Waals surface area (Å²) in [7, 11) is 0. The lowest BCUT2D eigenvalue weighted by Gasteiger charge is -2.25. The second-order valence-electron chi connectivity index (χ2n) is 8.92. The van der Waals surface area contributed by atoms with Crippen molar-refractivity contribution in [1.82, 2.24) is 40.2 Å². The summed E-state index contributed by atoms with van der Waals surface area (Å²) in [4.78, 5) is 10.4. The van der Waals surface area contributed by atoms with Crippen molar-refractivity contribution in [1.29, 1.82) is 0 Å². The van der Waals surface area contributed by atoms with Gasteiger partial charge in [0.25, 0.3) is 0 Å². The smallest absolute Gasteiger partial charge is 0.184 e. The highest BCUT2D eigenvalue weighted by atomic mass is 32.1. The third-order valence-electron chi connectivity index (χ3n) is 6.74. The fourth-order valence-electron chi connectivity index (χ4n) is 4.96. The maximum Gasteiger partial charge on any atom is 0.184 e. The van der Waals surface area contributed by atoms with Crippen LogP contribution in [0.1, 0.15) is 54.3 Å². The van der Waals surface area contributed by atoms with Crippen LogP contribution in [0, 0.1) is 6.92 Å². The van der Waals surface area contributed by atoms with Gasteiger partial charge in [-0.2, -0.15) is 5.10 Å². The van der Waals surface area contributed by atoms with Crippen LogP contribution in [0.15, 0.2) is 42.2 Å². The minimum atomic E-state index is 0.420. The molecule has 0 unspecified atom stereocenters. The highest BCUT2D eigenvalue weighted by molar-refractivity contribution is 7.09. The van der Waals surface area contributed by atoms with E-state index < -0.39 is 0 Å². The molecule has 0 amide bonds. The molecule has 0 saturated heterocycles. The summed E-state index contributed by atoms with van der Waals surface area (Å²) in [5.74, 6) is 1.85. The van der Waals surface area contributed by atoms with Crippen molar-refractivity contribution in [3.05, 3.63) is 58.4 Å². The number of aromatic amines is 1. The van der Waals surface area contributed by atoms with E-state index in [9.17, 15) is 0 Å². The molecule has 35 heavy (non-hydrogen) atoms. The lowest BCUT2D eigenvalue weighted by atomic mass is 9.84. The molecule has 1 saturated carbocycles. The molecule has 178 valence electrons. The molecule has 1 aliphatic carbocycles. The quantitative estimate of drug-likeness (QED) is 0.344. The molecule has 0 bridgehead atoms. The van der Waals surface area contributed by atoms with Gasteiger partial charge in [0.2, 0.25) is 0 Å². The molecular formula is C25H26N8OS. The number of benzene rings is 1. The number of aryl methyl sites for hydroxylation is 1. The van der Waals surface area contributed by atoms with Gasteiger partial charge in [0.05, 0.1) is 35.3 Å². The van der Waals surface area contributed by atoms with E-state index >= 15 is 0 Å². The van der Waals surface area contributed by atoms with Gasteiger partial charge in [0, 0.05) is 29.0 Å². The Morgan fingerprint density at radius 2 is 2.03 bits per heavy atom. The number of tetrazole rings is 1. The fraction of sp³-hybridized carbons (Fsp3) is 0.360. The molecule has 1 aliphatic rings. The number of rotatable bonds is 7. The van der Waals surface area contributed by atoms with Crippen LogP contribution < -0.4 is 4.74 Å². The van der Waals surface area contributed by atoms with Crippen molar-refractivity contribution in [3.8, 4) is 28.3 Å². The van der Waals surface area contributed by atoms with E-state index in [0.717, 1.165) is 53.0 Å². The first-order valence-corrected chi connectivity index (χ1v) is 12.9. The number of ether oxygens (including phenoxy) is 1. The van der Waals surface area contributed by atoms with Crippen molar-refractivity contribution in [2.75, 3.05) is 6.61 Å². The van der Waals surface area contributed by atoms with E-state index in [-0.39, 0.29) is 0 Å². The molecule has 0 spiro atoms. The number of hydrogen-bond donors (Lipinski definition) is 1. The molecule has 1 fully saturated rings. The maximum atomic E-state index is 6.13. The van der Waals surface area contributed by atoms with Gasteiger partial charge in [-0.1, -0.05) is 31.4 Å². The zero-order valence-corrected chi connectivity index (χ0v) is 20.3. The van der Waals surface area contributed by atoms with Crippen LogP contribution in [0.25, 0.3) is 28.2 Å². The second-order valence-corrected chi connectivity index (χ2v) is 9.86. The minimum absolute atomic E-state index is 0.420. The monoisotopic (exact) mass is 486 g/mol. The standard InChI is InChI=1S/C25H26N8OS/c1-16-22(35-15-27-16)10-11-34-19-9-5-8-18(12-19)20-13-26-25-21(24-29-31-32-30-24)14-28-33(25)23(20)17-6-3-2-4-7-17/h5,8-9,12-15,17H,2-4,6-7,10-11H2,1H3,(H,29,30,31,32). The summed E-state index contributed by atoms with van der Waals surface area (Å²) in [6, 6.07) is 8.30. The first kappa shape index (κ1) is 21.8. The molecule has 0 radical (unpaired) electrons. The van der Waals surface area contributed by atoms with Gasteiger partial charge >= 0.3 is 0 Å². The Bertz CT molecular complexity index is 1440. The van der Waals surface area contributed by atoms with Crippen LogP contribution in [-0.4, -0.2) is 46.8 Å². The molecule has 4 aromatic heterocycles. The zero-order valence-electron chi connectivity index (χ0n) is 19.5. The normalized spacial score (nSPS) is 14.5. The van der Waals surface area contributed by atoms with E-state index in [0.29, 0.717) is 18.3 Å². The van der Waals surface area contributed by atoms with Gasteiger partial charge < -0.3 is 4.74 Å². The minimum Gasteiger partial charge on any atom is -0.493 e. The van der Waals surface area contributed by atoms with Crippen LogP contribution in [-0.2, 0) is 6.42 Å². The van der Waals surface area contributed by atoms with Gasteiger partial charge in [-0.25, -0.2) is 19.6 Å². The first-order valence-electron chi connectivity index (χ1n) is 12.0. The molecule has 5 aromatic rings. The number of nitrogens with one attached hydrogen (secondary N) is 1. The van der Waals surface area contributed by atoms with E-state index in [1.165, 1.54) is 29.8 Å². The molecule has 0 atom stereocenters. The van der Waals surface area contributed by atoms with Gasteiger partial charge in [-0.15, -0.1) is 16.4 Å². The van der Waals surface area contributed by atoms with Crippen LogP contribution in [0.3, 0.4) is 0 Å². The maximum absolute atomic E-state index is 6.13. The van der Waals surface area contributed by atoms with Crippen LogP contribution in [0.4, 0.5) is 0 Å². The van der Waals surface area contributed by atoms with Gasteiger partial charge in [-0.05, 0) is 47.9 Å². The molecule has 0 aliphatic heterocycles. The lowest BCUT2D eigenvalue weighted by Crippen LogP contribution is -2.12. The Labute approximate surface area is 206 Å². The average molecular weight is 487 g/mol. The van der Waals surface area contributed by atoms with Crippen molar-refractivity contribution in [3.63, 3.8) is 0 Å². The predicted molar refractivity (Wildman–Crippen MR) is 133 cm³/mol. The van der Waals surface area contributed by atoms with E-state index in [1.54, 1.807) is 17.5 Å². The van der Waals surface area contributed by atoms with Crippen LogP contribution in [0.2, 0.25) is 0 Å². The third kappa shape index (κ3) is 4.29. The Hall–Kier alpha value is -3.66.